The van der Waals surface area contributed by atoms with Crippen molar-refractivity contribution in [1.29, 1.82) is 0 Å². The van der Waals surface area contributed by atoms with Gasteiger partial charge in [0.1, 0.15) is 0 Å². The molecule has 0 N–H and O–H groups in total. The van der Waals surface area contributed by atoms with Crippen LogP contribution in [0, 0.1) is 5.41 Å². The highest BCUT2D eigenvalue weighted by molar-refractivity contribution is 5.26. The predicted molar refractivity (Wildman–Crippen MR) is 86.3 cm³/mol. The minimum absolute atomic E-state index is 0.208. The van der Waals surface area contributed by atoms with Crippen molar-refractivity contribution in [2.24, 2.45) is 5.41 Å². The van der Waals surface area contributed by atoms with Crippen LogP contribution in [0.15, 0.2) is 17.3 Å². The van der Waals surface area contributed by atoms with E-state index in [0.717, 1.165) is 25.1 Å². The molecule has 0 saturated carbocycles. The molecule has 1 aliphatic heterocycles. The van der Waals surface area contributed by atoms with Crippen LogP contribution in [-0.2, 0) is 19.1 Å². The first kappa shape index (κ1) is 17.4. The molecule has 0 unspecified atom stereocenters. The lowest BCUT2D eigenvalue weighted by molar-refractivity contribution is -0.145. The van der Waals surface area contributed by atoms with Crippen molar-refractivity contribution in [3.8, 4) is 0 Å². The summed E-state index contributed by atoms with van der Waals surface area (Å²) in [7, 11) is 0. The topological polar surface area (TPSA) is 29.0 Å². The second kappa shape index (κ2) is 6.14. The maximum atomic E-state index is 12.7. The van der Waals surface area contributed by atoms with Crippen LogP contribution in [0.4, 0.5) is 13.2 Å². The predicted octanol–water partition coefficient (Wildman–Crippen LogP) is 4.38. The molecule has 0 aromatic carbocycles. The van der Waals surface area contributed by atoms with Gasteiger partial charge in [-0.1, -0.05) is 25.0 Å². The molecule has 1 aliphatic carbocycles. The van der Waals surface area contributed by atoms with Gasteiger partial charge in [0.05, 0.1) is 5.69 Å². The summed E-state index contributed by atoms with van der Waals surface area (Å²) in [6, 6.07) is 0. The van der Waals surface area contributed by atoms with E-state index in [0.29, 0.717) is 18.7 Å². The molecule has 0 spiro atoms. The largest absolute Gasteiger partial charge is 0.451 e. The lowest BCUT2D eigenvalue weighted by atomic mass is 9.72. The average molecular weight is 339 g/mol. The zero-order chi connectivity index (χ0) is 17.5. The number of nitrogens with zero attached hydrogens (tertiary/aromatic N) is 3. The fourth-order valence-corrected chi connectivity index (χ4v) is 3.89. The smallest absolute Gasteiger partial charge is 0.295 e. The van der Waals surface area contributed by atoms with Gasteiger partial charge in [-0.15, -0.1) is 0 Å². The number of hydrogen-bond acceptors (Lipinski definition) is 3. The van der Waals surface area contributed by atoms with Crippen LogP contribution < -0.4 is 0 Å². The number of aromatic nitrogens is 2. The van der Waals surface area contributed by atoms with E-state index in [2.05, 4.69) is 35.6 Å². The van der Waals surface area contributed by atoms with Crippen molar-refractivity contribution in [2.75, 3.05) is 13.1 Å². The maximum Gasteiger partial charge on any atom is 0.451 e. The van der Waals surface area contributed by atoms with Crippen molar-refractivity contribution in [1.82, 2.24) is 14.9 Å². The van der Waals surface area contributed by atoms with E-state index in [1.54, 1.807) is 0 Å². The standard InChI is InChI=1S/C18H24F3N3/c1-12-5-4-7-17(2,3)14(12)11-24-8-6-15-13(10-24)9-22-16(23-15)18(19,20)21/h9H,4-8,10-11H2,1-3H3. The average Bonchev–Trinajstić information content (AvgIpc) is 2.49. The van der Waals surface area contributed by atoms with Crippen LogP contribution in [0.5, 0.6) is 0 Å². The normalized spacial score (nSPS) is 21.8. The summed E-state index contributed by atoms with van der Waals surface area (Å²) in [5.41, 5.74) is 4.54. The minimum atomic E-state index is -4.47. The Morgan fingerprint density at radius 2 is 2.00 bits per heavy atom. The summed E-state index contributed by atoms with van der Waals surface area (Å²) in [5.74, 6) is -1.03. The summed E-state index contributed by atoms with van der Waals surface area (Å²) in [5, 5.41) is 0. The van der Waals surface area contributed by atoms with Gasteiger partial charge in [-0.05, 0) is 31.6 Å². The number of hydrogen-bond donors (Lipinski definition) is 0. The first-order chi connectivity index (χ1) is 11.2. The molecule has 1 aromatic heterocycles. The van der Waals surface area contributed by atoms with Crippen LogP contribution in [0.25, 0.3) is 0 Å². The van der Waals surface area contributed by atoms with Crippen molar-refractivity contribution >= 4 is 0 Å². The zero-order valence-corrected chi connectivity index (χ0v) is 14.5. The van der Waals surface area contributed by atoms with Gasteiger partial charge in [-0.25, -0.2) is 9.97 Å². The molecule has 0 amide bonds. The summed E-state index contributed by atoms with van der Waals surface area (Å²) < 4.78 is 38.2. The Morgan fingerprint density at radius 1 is 1.25 bits per heavy atom. The molecule has 0 radical (unpaired) electrons. The number of alkyl halides is 3. The summed E-state index contributed by atoms with van der Waals surface area (Å²) in [6.07, 6.45) is 1.01. The minimum Gasteiger partial charge on any atom is -0.295 e. The van der Waals surface area contributed by atoms with Crippen molar-refractivity contribution in [3.63, 3.8) is 0 Å². The molecule has 0 saturated heterocycles. The fourth-order valence-electron chi connectivity index (χ4n) is 3.89. The van der Waals surface area contributed by atoms with Gasteiger partial charge in [-0.2, -0.15) is 13.2 Å². The van der Waals surface area contributed by atoms with Gasteiger partial charge in [0.15, 0.2) is 0 Å². The molecule has 0 bridgehead atoms. The van der Waals surface area contributed by atoms with E-state index in [4.69, 9.17) is 0 Å². The van der Waals surface area contributed by atoms with E-state index in [9.17, 15) is 13.2 Å². The highest BCUT2D eigenvalue weighted by Gasteiger charge is 2.36. The van der Waals surface area contributed by atoms with Gasteiger partial charge in [0, 0.05) is 37.8 Å². The Kier molecular flexibility index (Phi) is 4.45. The number of fused-ring (bicyclic) bond motifs is 1. The Balaban J connectivity index is 1.76. The summed E-state index contributed by atoms with van der Waals surface area (Å²) in [6.45, 7) is 9.06. The third-order valence-electron chi connectivity index (χ3n) is 5.33. The number of rotatable bonds is 2. The van der Waals surface area contributed by atoms with Crippen LogP contribution in [0.2, 0.25) is 0 Å². The van der Waals surface area contributed by atoms with E-state index in [-0.39, 0.29) is 5.41 Å². The zero-order valence-electron chi connectivity index (χ0n) is 14.5. The Morgan fingerprint density at radius 3 is 2.67 bits per heavy atom. The van der Waals surface area contributed by atoms with Crippen LogP contribution in [0.3, 0.4) is 0 Å². The van der Waals surface area contributed by atoms with Gasteiger partial charge in [0.2, 0.25) is 5.82 Å². The molecule has 0 atom stereocenters. The molecule has 2 aliphatic rings. The number of halogens is 3. The molecule has 132 valence electrons. The highest BCUT2D eigenvalue weighted by Crippen LogP contribution is 2.40. The third kappa shape index (κ3) is 3.48. The van der Waals surface area contributed by atoms with E-state index >= 15 is 0 Å². The highest BCUT2D eigenvalue weighted by atomic mass is 19.4. The first-order valence-corrected chi connectivity index (χ1v) is 8.50. The van der Waals surface area contributed by atoms with E-state index in [1.165, 1.54) is 30.2 Å². The SMILES string of the molecule is CC1=C(CN2CCc3nc(C(F)(F)F)ncc3C2)C(C)(C)CCC1. The number of allylic oxidation sites excluding steroid dienone is 1. The fraction of sp³-hybridized carbons (Fsp3) is 0.667. The van der Waals surface area contributed by atoms with Gasteiger partial charge in [0.25, 0.3) is 0 Å². The van der Waals surface area contributed by atoms with Crippen LogP contribution in [0.1, 0.15) is 57.1 Å². The quantitative estimate of drug-likeness (QED) is 0.749. The van der Waals surface area contributed by atoms with Crippen molar-refractivity contribution in [2.45, 2.75) is 59.2 Å². The maximum absolute atomic E-state index is 12.7. The summed E-state index contributed by atoms with van der Waals surface area (Å²) in [4.78, 5) is 9.56. The first-order valence-electron chi connectivity index (χ1n) is 8.50. The molecular weight excluding hydrogens is 315 g/mol. The molecule has 0 fully saturated rings. The van der Waals surface area contributed by atoms with Gasteiger partial charge >= 0.3 is 6.18 Å². The van der Waals surface area contributed by atoms with E-state index < -0.39 is 12.0 Å². The Bertz CT molecular complexity index is 662. The Hall–Kier alpha value is -1.43. The summed E-state index contributed by atoms with van der Waals surface area (Å²) >= 11 is 0. The molecule has 3 rings (SSSR count). The molecular formula is C18H24F3N3. The van der Waals surface area contributed by atoms with Gasteiger partial charge in [-0.3, -0.25) is 4.90 Å². The second-order valence-electron chi connectivity index (χ2n) is 7.62. The Labute approximate surface area is 141 Å². The molecule has 3 nitrogen and oxygen atoms in total. The van der Waals surface area contributed by atoms with Crippen LogP contribution >= 0.6 is 0 Å². The van der Waals surface area contributed by atoms with Crippen molar-refractivity contribution in [3.05, 3.63) is 34.4 Å². The van der Waals surface area contributed by atoms with Gasteiger partial charge < -0.3 is 0 Å². The third-order valence-corrected chi connectivity index (χ3v) is 5.33. The van der Waals surface area contributed by atoms with Crippen molar-refractivity contribution < 1.29 is 13.2 Å². The second-order valence-corrected chi connectivity index (χ2v) is 7.62. The van der Waals surface area contributed by atoms with E-state index in [1.807, 2.05) is 0 Å². The lowest BCUT2D eigenvalue weighted by Crippen LogP contribution is -2.37. The van der Waals surface area contributed by atoms with Crippen LogP contribution in [-0.4, -0.2) is 28.0 Å². The molecule has 2 heterocycles. The molecule has 6 heteroatoms. The molecule has 1 aromatic rings. The monoisotopic (exact) mass is 339 g/mol. The lowest BCUT2D eigenvalue weighted by Gasteiger charge is -2.38. The molecule has 24 heavy (non-hydrogen) atoms.